The number of hydrogen-bond donors (Lipinski definition) is 2. The Morgan fingerprint density at radius 3 is 2.87 bits per heavy atom. The Morgan fingerprint density at radius 2 is 2.27 bits per heavy atom. The Balaban J connectivity index is 2.12. The van der Waals surface area contributed by atoms with E-state index in [1.165, 1.54) is 18.6 Å². The van der Waals surface area contributed by atoms with E-state index in [1.54, 1.807) is 6.07 Å². The van der Waals surface area contributed by atoms with E-state index < -0.39 is 0 Å². The van der Waals surface area contributed by atoms with E-state index in [9.17, 15) is 4.39 Å². The molecule has 0 spiro atoms. The predicted octanol–water partition coefficient (Wildman–Crippen LogP) is 2.24. The molecular weight excluding hydrogens is 197 g/mol. The number of ether oxygens (including phenoxy) is 1. The molecule has 0 heterocycles. The lowest BCUT2D eigenvalue weighted by Gasteiger charge is -2.27. The Morgan fingerprint density at radius 1 is 1.47 bits per heavy atom. The second-order valence-electron chi connectivity index (χ2n) is 3.76. The zero-order valence-corrected chi connectivity index (χ0v) is 8.37. The maximum atomic E-state index is 12.9. The van der Waals surface area contributed by atoms with Crippen LogP contribution in [0, 0.1) is 5.82 Å². The monoisotopic (exact) mass is 211 g/mol. The fraction of sp³-hybridized carbons (Fsp3) is 0.455. The topological polar surface area (TPSA) is 41.5 Å². The van der Waals surface area contributed by atoms with Crippen molar-refractivity contribution in [3.63, 3.8) is 0 Å². The molecule has 3 nitrogen and oxygen atoms in total. The van der Waals surface area contributed by atoms with Gasteiger partial charge in [-0.05, 0) is 37.5 Å². The smallest absolute Gasteiger partial charge is 0.124 e. The molecule has 1 aliphatic carbocycles. The van der Waals surface area contributed by atoms with Gasteiger partial charge in [0.05, 0.1) is 6.10 Å². The lowest BCUT2D eigenvalue weighted by molar-refractivity contribution is 0.115. The molecule has 0 saturated heterocycles. The molecule has 0 aliphatic heterocycles. The van der Waals surface area contributed by atoms with E-state index in [0.29, 0.717) is 11.3 Å². The highest BCUT2D eigenvalue weighted by molar-refractivity contribution is 5.34. The van der Waals surface area contributed by atoms with Gasteiger partial charge >= 0.3 is 0 Å². The van der Waals surface area contributed by atoms with Crippen molar-refractivity contribution in [3.05, 3.63) is 29.6 Å². The van der Waals surface area contributed by atoms with Gasteiger partial charge in [-0.25, -0.2) is 9.87 Å². The van der Waals surface area contributed by atoms with Crippen LogP contribution in [0.2, 0.25) is 0 Å². The minimum absolute atomic E-state index is 0.194. The highest BCUT2D eigenvalue weighted by atomic mass is 19.1. The summed E-state index contributed by atoms with van der Waals surface area (Å²) in [4.78, 5) is 0. The average Bonchev–Trinajstić information content (AvgIpc) is 2.14. The minimum atomic E-state index is -0.318. The van der Waals surface area contributed by atoms with Crippen molar-refractivity contribution in [1.29, 1.82) is 0 Å². The molecule has 0 aromatic heterocycles. The van der Waals surface area contributed by atoms with Gasteiger partial charge in [-0.1, -0.05) is 0 Å². The van der Waals surface area contributed by atoms with Gasteiger partial charge in [0, 0.05) is 12.1 Å². The molecule has 1 saturated carbocycles. The summed E-state index contributed by atoms with van der Waals surface area (Å²) < 4.78 is 18.6. The fourth-order valence-electron chi connectivity index (χ4n) is 1.55. The first-order chi connectivity index (χ1) is 7.29. The molecule has 1 fully saturated rings. The SMILES string of the molecule is ONCc1cc(F)ccc1OC1CCC1. The second-order valence-corrected chi connectivity index (χ2v) is 3.76. The van der Waals surface area contributed by atoms with Gasteiger partial charge in [0.15, 0.2) is 0 Å². The molecule has 0 unspecified atom stereocenters. The first-order valence-electron chi connectivity index (χ1n) is 5.11. The van der Waals surface area contributed by atoms with E-state index in [2.05, 4.69) is 0 Å². The normalized spacial score (nSPS) is 16.1. The Labute approximate surface area is 87.8 Å². The van der Waals surface area contributed by atoms with Crippen molar-refractivity contribution >= 4 is 0 Å². The van der Waals surface area contributed by atoms with Crippen molar-refractivity contribution in [3.8, 4) is 5.75 Å². The van der Waals surface area contributed by atoms with E-state index in [4.69, 9.17) is 9.94 Å². The number of nitrogens with one attached hydrogen (secondary N) is 1. The van der Waals surface area contributed by atoms with Crippen molar-refractivity contribution < 1.29 is 14.3 Å². The summed E-state index contributed by atoms with van der Waals surface area (Å²) in [5.41, 5.74) is 2.66. The molecule has 1 aromatic carbocycles. The number of rotatable bonds is 4. The summed E-state index contributed by atoms with van der Waals surface area (Å²) >= 11 is 0. The average molecular weight is 211 g/mol. The molecule has 15 heavy (non-hydrogen) atoms. The Hall–Kier alpha value is -1.13. The first kappa shape index (κ1) is 10.4. The Kier molecular flexibility index (Phi) is 3.18. The van der Waals surface area contributed by atoms with Crippen LogP contribution >= 0.6 is 0 Å². The highest BCUT2D eigenvalue weighted by Gasteiger charge is 2.20. The van der Waals surface area contributed by atoms with Crippen molar-refractivity contribution in [2.45, 2.75) is 31.9 Å². The number of hydroxylamine groups is 1. The predicted molar refractivity (Wildman–Crippen MR) is 53.3 cm³/mol. The van der Waals surface area contributed by atoms with Crippen LogP contribution in [0.25, 0.3) is 0 Å². The first-order valence-corrected chi connectivity index (χ1v) is 5.11. The van der Waals surface area contributed by atoms with Crippen LogP contribution in [0.5, 0.6) is 5.75 Å². The molecule has 1 aromatic rings. The van der Waals surface area contributed by atoms with Crippen LogP contribution in [-0.2, 0) is 6.54 Å². The zero-order valence-electron chi connectivity index (χ0n) is 8.37. The second kappa shape index (κ2) is 4.59. The molecular formula is C11H14FNO2. The van der Waals surface area contributed by atoms with Gasteiger partial charge in [-0.15, -0.1) is 0 Å². The molecule has 4 heteroatoms. The summed E-state index contributed by atoms with van der Waals surface area (Å²) in [6, 6.07) is 4.35. The van der Waals surface area contributed by atoms with Gasteiger partial charge in [0.1, 0.15) is 11.6 Å². The van der Waals surface area contributed by atoms with Crippen molar-refractivity contribution in [2.24, 2.45) is 0 Å². The highest BCUT2D eigenvalue weighted by Crippen LogP contribution is 2.28. The van der Waals surface area contributed by atoms with Crippen LogP contribution in [-0.4, -0.2) is 11.3 Å². The lowest BCUT2D eigenvalue weighted by Crippen LogP contribution is -2.25. The summed E-state index contributed by atoms with van der Waals surface area (Å²) in [6.07, 6.45) is 3.57. The maximum Gasteiger partial charge on any atom is 0.124 e. The third-order valence-electron chi connectivity index (χ3n) is 2.64. The molecule has 1 aliphatic rings. The van der Waals surface area contributed by atoms with Gasteiger partial charge in [0.25, 0.3) is 0 Å². The van der Waals surface area contributed by atoms with Gasteiger partial charge in [-0.3, -0.25) is 0 Å². The molecule has 0 radical (unpaired) electrons. The lowest BCUT2D eigenvalue weighted by atomic mass is 9.96. The molecule has 0 amide bonds. The van der Waals surface area contributed by atoms with Crippen LogP contribution in [0.15, 0.2) is 18.2 Å². The van der Waals surface area contributed by atoms with E-state index in [0.717, 1.165) is 12.8 Å². The minimum Gasteiger partial charge on any atom is -0.490 e. The summed E-state index contributed by atoms with van der Waals surface area (Å²) in [5, 5.41) is 8.61. The standard InChI is InChI=1S/C11H14FNO2/c12-9-4-5-11(8(6-9)7-13-14)15-10-2-1-3-10/h4-6,10,13-14H,1-3,7H2. The van der Waals surface area contributed by atoms with Crippen LogP contribution in [0.1, 0.15) is 24.8 Å². The molecule has 0 atom stereocenters. The Bertz CT molecular complexity index is 339. The van der Waals surface area contributed by atoms with E-state index in [-0.39, 0.29) is 18.5 Å². The summed E-state index contributed by atoms with van der Waals surface area (Å²) in [5.74, 6) is 0.337. The van der Waals surface area contributed by atoms with Crippen LogP contribution in [0.4, 0.5) is 4.39 Å². The third-order valence-corrected chi connectivity index (χ3v) is 2.64. The molecule has 2 N–H and O–H groups in total. The molecule has 2 rings (SSSR count). The van der Waals surface area contributed by atoms with Gasteiger partial charge < -0.3 is 9.94 Å². The van der Waals surface area contributed by atoms with E-state index in [1.807, 2.05) is 5.48 Å². The number of halogens is 1. The zero-order chi connectivity index (χ0) is 10.7. The fourth-order valence-corrected chi connectivity index (χ4v) is 1.55. The van der Waals surface area contributed by atoms with Crippen molar-refractivity contribution in [1.82, 2.24) is 5.48 Å². The molecule has 82 valence electrons. The van der Waals surface area contributed by atoms with Crippen molar-refractivity contribution in [2.75, 3.05) is 0 Å². The summed E-state index contributed by atoms with van der Waals surface area (Å²) in [7, 11) is 0. The van der Waals surface area contributed by atoms with Crippen LogP contribution < -0.4 is 10.2 Å². The number of benzene rings is 1. The molecule has 0 bridgehead atoms. The van der Waals surface area contributed by atoms with Gasteiger partial charge in [0.2, 0.25) is 0 Å². The number of hydrogen-bond acceptors (Lipinski definition) is 3. The maximum absolute atomic E-state index is 12.9. The van der Waals surface area contributed by atoms with E-state index >= 15 is 0 Å². The van der Waals surface area contributed by atoms with Crippen LogP contribution in [0.3, 0.4) is 0 Å². The quantitative estimate of drug-likeness (QED) is 0.750. The summed E-state index contributed by atoms with van der Waals surface area (Å²) in [6.45, 7) is 0.194. The van der Waals surface area contributed by atoms with Gasteiger partial charge in [-0.2, -0.15) is 0 Å². The largest absolute Gasteiger partial charge is 0.490 e. The third kappa shape index (κ3) is 2.46.